The van der Waals surface area contributed by atoms with Crippen LogP contribution in [0.4, 0.5) is 0 Å². The van der Waals surface area contributed by atoms with Crippen molar-refractivity contribution in [2.45, 2.75) is 38.8 Å². The standard InChI is InChI=1S/C38H34N4O2/c1-37(2)23-43-35(41-37)30-17-9-15-28(20-30)33-22-32(27-14-8-13-26(19-27)25-11-6-5-7-12-25)39-34(40-33)29-16-10-18-31(21-29)36-42-38(3,4)24-44-36/h5-22H,23-24H2,1-4H3. The van der Waals surface area contributed by atoms with E-state index in [4.69, 9.17) is 29.4 Å². The van der Waals surface area contributed by atoms with E-state index in [0.29, 0.717) is 30.8 Å². The molecule has 218 valence electrons. The number of aromatic nitrogens is 2. The van der Waals surface area contributed by atoms with Crippen molar-refractivity contribution in [1.29, 1.82) is 0 Å². The molecule has 4 aromatic carbocycles. The quantitative estimate of drug-likeness (QED) is 0.203. The van der Waals surface area contributed by atoms with Crippen LogP contribution in [-0.4, -0.2) is 46.1 Å². The van der Waals surface area contributed by atoms with Crippen molar-refractivity contribution in [3.05, 3.63) is 120 Å². The highest BCUT2D eigenvalue weighted by Gasteiger charge is 2.28. The van der Waals surface area contributed by atoms with Crippen LogP contribution in [0, 0.1) is 0 Å². The van der Waals surface area contributed by atoms with Crippen molar-refractivity contribution in [2.75, 3.05) is 13.2 Å². The molecule has 0 aliphatic carbocycles. The van der Waals surface area contributed by atoms with Crippen molar-refractivity contribution in [2.24, 2.45) is 9.98 Å². The number of hydrogen-bond donors (Lipinski definition) is 0. The van der Waals surface area contributed by atoms with Crippen LogP contribution < -0.4 is 0 Å². The summed E-state index contributed by atoms with van der Waals surface area (Å²) in [6.45, 7) is 9.42. The van der Waals surface area contributed by atoms with Crippen LogP contribution in [0.1, 0.15) is 38.8 Å². The first-order valence-corrected chi connectivity index (χ1v) is 14.9. The number of ether oxygens (including phenoxy) is 2. The first-order valence-electron chi connectivity index (χ1n) is 14.9. The fourth-order valence-corrected chi connectivity index (χ4v) is 5.43. The van der Waals surface area contributed by atoms with Gasteiger partial charge in [-0.05, 0) is 75.2 Å². The first-order chi connectivity index (χ1) is 21.2. The molecule has 0 N–H and O–H groups in total. The van der Waals surface area contributed by atoms with Gasteiger partial charge in [0.25, 0.3) is 0 Å². The average molecular weight is 579 g/mol. The van der Waals surface area contributed by atoms with Gasteiger partial charge in [-0.15, -0.1) is 0 Å². The van der Waals surface area contributed by atoms with E-state index in [1.807, 2.05) is 36.4 Å². The highest BCUT2D eigenvalue weighted by molar-refractivity contribution is 5.97. The Morgan fingerprint density at radius 3 is 1.41 bits per heavy atom. The van der Waals surface area contributed by atoms with Gasteiger partial charge in [0.15, 0.2) is 5.82 Å². The molecule has 44 heavy (non-hydrogen) atoms. The van der Waals surface area contributed by atoms with Gasteiger partial charge in [-0.2, -0.15) is 0 Å². The maximum absolute atomic E-state index is 5.96. The molecule has 0 saturated carbocycles. The molecule has 0 amide bonds. The molecule has 0 spiro atoms. The lowest BCUT2D eigenvalue weighted by Crippen LogP contribution is -2.17. The normalized spacial score (nSPS) is 16.5. The molecule has 2 aliphatic rings. The second-order valence-electron chi connectivity index (χ2n) is 12.6. The van der Waals surface area contributed by atoms with Crippen LogP contribution in [0.3, 0.4) is 0 Å². The SMILES string of the molecule is CC1(C)COC(c2cccc(-c3cc(-c4cccc(-c5ccccc5)c4)nc(-c4cccc(C5=NC(C)(C)CO5)c4)n3)c2)=N1. The number of benzene rings is 4. The van der Waals surface area contributed by atoms with Gasteiger partial charge in [0.1, 0.15) is 13.2 Å². The van der Waals surface area contributed by atoms with Gasteiger partial charge >= 0.3 is 0 Å². The van der Waals surface area contributed by atoms with E-state index in [2.05, 4.69) is 100 Å². The molecular weight excluding hydrogens is 544 g/mol. The number of rotatable bonds is 6. The molecule has 7 rings (SSSR count). The topological polar surface area (TPSA) is 69.0 Å². The maximum Gasteiger partial charge on any atom is 0.216 e. The molecule has 6 heteroatoms. The molecule has 0 saturated heterocycles. The van der Waals surface area contributed by atoms with Crippen molar-refractivity contribution in [3.8, 4) is 45.0 Å². The Morgan fingerprint density at radius 1 is 0.455 bits per heavy atom. The molecule has 2 aliphatic heterocycles. The van der Waals surface area contributed by atoms with E-state index in [1.165, 1.54) is 0 Å². The van der Waals surface area contributed by atoms with Gasteiger partial charge in [-0.1, -0.05) is 72.8 Å². The summed E-state index contributed by atoms with van der Waals surface area (Å²) in [7, 11) is 0. The van der Waals surface area contributed by atoms with Gasteiger partial charge in [0, 0.05) is 27.8 Å². The Hall–Kier alpha value is -5.10. The third kappa shape index (κ3) is 5.76. The van der Waals surface area contributed by atoms with Gasteiger partial charge < -0.3 is 9.47 Å². The van der Waals surface area contributed by atoms with E-state index in [0.717, 1.165) is 50.3 Å². The van der Waals surface area contributed by atoms with E-state index in [9.17, 15) is 0 Å². The van der Waals surface area contributed by atoms with E-state index < -0.39 is 0 Å². The van der Waals surface area contributed by atoms with Crippen molar-refractivity contribution in [1.82, 2.24) is 9.97 Å². The molecule has 0 bridgehead atoms. The van der Waals surface area contributed by atoms with Crippen LogP contribution in [0.15, 0.2) is 119 Å². The summed E-state index contributed by atoms with van der Waals surface area (Å²) in [6, 6.07) is 37.3. The highest BCUT2D eigenvalue weighted by Crippen LogP contribution is 2.32. The summed E-state index contributed by atoms with van der Waals surface area (Å²) in [4.78, 5) is 19.8. The molecule has 6 nitrogen and oxygen atoms in total. The van der Waals surface area contributed by atoms with Crippen LogP contribution in [-0.2, 0) is 9.47 Å². The Balaban J connectivity index is 1.35. The Bertz CT molecular complexity index is 1830. The summed E-state index contributed by atoms with van der Waals surface area (Å²) in [5.41, 5.74) is 8.17. The van der Waals surface area contributed by atoms with E-state index in [1.54, 1.807) is 0 Å². The molecule has 0 radical (unpaired) electrons. The Morgan fingerprint density at radius 2 is 0.886 bits per heavy atom. The molecule has 3 heterocycles. The fourth-order valence-electron chi connectivity index (χ4n) is 5.43. The van der Waals surface area contributed by atoms with Crippen molar-refractivity contribution >= 4 is 11.8 Å². The lowest BCUT2D eigenvalue weighted by Gasteiger charge is -2.12. The second-order valence-corrected chi connectivity index (χ2v) is 12.6. The zero-order chi connectivity index (χ0) is 30.3. The van der Waals surface area contributed by atoms with E-state index >= 15 is 0 Å². The summed E-state index contributed by atoms with van der Waals surface area (Å²) in [5, 5.41) is 0. The minimum absolute atomic E-state index is 0.238. The summed E-state index contributed by atoms with van der Waals surface area (Å²) < 4.78 is 11.9. The van der Waals surface area contributed by atoms with Crippen LogP contribution in [0.5, 0.6) is 0 Å². The summed E-state index contributed by atoms with van der Waals surface area (Å²) in [6.07, 6.45) is 0. The predicted molar refractivity (Wildman–Crippen MR) is 177 cm³/mol. The van der Waals surface area contributed by atoms with Crippen LogP contribution >= 0.6 is 0 Å². The smallest absolute Gasteiger partial charge is 0.216 e. The van der Waals surface area contributed by atoms with Crippen molar-refractivity contribution in [3.63, 3.8) is 0 Å². The fraction of sp³-hybridized carbons (Fsp3) is 0.211. The minimum Gasteiger partial charge on any atom is -0.475 e. The van der Waals surface area contributed by atoms with Gasteiger partial charge in [0.05, 0.1) is 22.5 Å². The van der Waals surface area contributed by atoms with Gasteiger partial charge in [0.2, 0.25) is 11.8 Å². The molecule has 0 fully saturated rings. The lowest BCUT2D eigenvalue weighted by atomic mass is 10.00. The van der Waals surface area contributed by atoms with Crippen molar-refractivity contribution < 1.29 is 9.47 Å². The average Bonchev–Trinajstić information content (AvgIpc) is 3.62. The third-order valence-corrected chi connectivity index (χ3v) is 7.70. The van der Waals surface area contributed by atoms with Crippen LogP contribution in [0.2, 0.25) is 0 Å². The number of aliphatic imine (C=N–C) groups is 2. The molecule has 0 unspecified atom stereocenters. The summed E-state index contributed by atoms with van der Waals surface area (Å²) >= 11 is 0. The zero-order valence-electron chi connectivity index (χ0n) is 25.4. The zero-order valence-corrected chi connectivity index (χ0v) is 25.4. The van der Waals surface area contributed by atoms with E-state index in [-0.39, 0.29) is 11.1 Å². The van der Waals surface area contributed by atoms with Gasteiger partial charge in [-0.3, -0.25) is 0 Å². The second kappa shape index (κ2) is 10.9. The molecular formula is C38H34N4O2. The summed E-state index contributed by atoms with van der Waals surface area (Å²) in [5.74, 6) is 1.94. The maximum atomic E-state index is 5.96. The monoisotopic (exact) mass is 578 g/mol. The van der Waals surface area contributed by atoms with Crippen LogP contribution in [0.25, 0.3) is 45.0 Å². The highest BCUT2D eigenvalue weighted by atomic mass is 16.5. The predicted octanol–water partition coefficient (Wildman–Crippen LogP) is 8.26. The number of hydrogen-bond acceptors (Lipinski definition) is 6. The lowest BCUT2D eigenvalue weighted by molar-refractivity contribution is 0.279. The number of nitrogens with zero attached hydrogens (tertiary/aromatic N) is 4. The third-order valence-electron chi connectivity index (χ3n) is 7.70. The first kappa shape index (κ1) is 27.7. The molecule has 0 atom stereocenters. The largest absolute Gasteiger partial charge is 0.475 e. The van der Waals surface area contributed by atoms with Gasteiger partial charge in [-0.25, -0.2) is 20.0 Å². The Kier molecular flexibility index (Phi) is 6.85. The molecule has 5 aromatic rings. The minimum atomic E-state index is -0.244. The molecule has 1 aromatic heterocycles. The Labute approximate surface area is 258 Å².